The Labute approximate surface area is 289 Å². The number of nitrogens with zero attached hydrogens (tertiary/aromatic N) is 2. The average Bonchev–Trinajstić information content (AvgIpc) is 3.08. The molecule has 2 nitrogen and oxygen atoms in total. The van der Waals surface area contributed by atoms with Crippen molar-refractivity contribution >= 4 is 11.8 Å². The SMILES string of the molecule is CCCCCCCCc1cc(N=[N+](C)C(C)=Cc2ccc(CCCCCC)c(-c3ccccc3)c2)cc(C)c1CCCCCCCC. The molecule has 3 aromatic carbocycles. The van der Waals surface area contributed by atoms with Crippen LogP contribution in [0.15, 0.2) is 71.5 Å². The molecule has 0 atom stereocenters. The summed E-state index contributed by atoms with van der Waals surface area (Å²) in [5.74, 6) is 0. The van der Waals surface area contributed by atoms with Gasteiger partial charge in [0.15, 0.2) is 7.05 Å². The van der Waals surface area contributed by atoms with Crippen LogP contribution in [-0.4, -0.2) is 11.7 Å². The number of allylic oxidation sites excluding steroid dienone is 1. The van der Waals surface area contributed by atoms with Crippen LogP contribution in [0.2, 0.25) is 0 Å². The lowest BCUT2D eigenvalue weighted by atomic mass is 9.92. The molecule has 0 spiro atoms. The quantitative estimate of drug-likeness (QED) is 0.0560. The van der Waals surface area contributed by atoms with Gasteiger partial charge in [0.2, 0.25) is 5.70 Å². The highest BCUT2D eigenvalue weighted by molar-refractivity contribution is 5.71. The highest BCUT2D eigenvalue weighted by Gasteiger charge is 2.13. The molecule has 0 aliphatic carbocycles. The average molecular weight is 636 g/mol. The maximum atomic E-state index is 5.14. The van der Waals surface area contributed by atoms with E-state index < -0.39 is 0 Å². The van der Waals surface area contributed by atoms with E-state index in [0.29, 0.717) is 0 Å². The fourth-order valence-electron chi connectivity index (χ4n) is 6.80. The second-order valence-corrected chi connectivity index (χ2v) is 13.9. The van der Waals surface area contributed by atoms with E-state index in [1.807, 2.05) is 0 Å². The van der Waals surface area contributed by atoms with Crippen molar-refractivity contribution in [2.45, 2.75) is 157 Å². The van der Waals surface area contributed by atoms with Gasteiger partial charge in [-0.15, -0.1) is 0 Å². The molecule has 0 aromatic heterocycles. The fraction of sp³-hybridized carbons (Fsp3) is 0.556. The van der Waals surface area contributed by atoms with Gasteiger partial charge >= 0.3 is 0 Å². The van der Waals surface area contributed by atoms with Crippen molar-refractivity contribution in [1.82, 2.24) is 0 Å². The number of hydrogen-bond acceptors (Lipinski definition) is 1. The molecule has 0 unspecified atom stereocenters. The van der Waals surface area contributed by atoms with Crippen molar-refractivity contribution < 1.29 is 4.70 Å². The van der Waals surface area contributed by atoms with Gasteiger partial charge in [-0.1, -0.05) is 151 Å². The first-order valence-corrected chi connectivity index (χ1v) is 19.4. The number of unbranched alkanes of at least 4 members (excludes halogenated alkanes) is 13. The molecule has 0 radical (unpaired) electrons. The second-order valence-electron chi connectivity index (χ2n) is 13.9. The van der Waals surface area contributed by atoms with Crippen LogP contribution in [0, 0.1) is 6.92 Å². The van der Waals surface area contributed by atoms with Gasteiger partial charge in [-0.2, -0.15) is 0 Å². The molecule has 256 valence electrons. The van der Waals surface area contributed by atoms with Gasteiger partial charge in [0.1, 0.15) is 5.69 Å². The van der Waals surface area contributed by atoms with Gasteiger partial charge in [-0.3, -0.25) is 0 Å². The summed E-state index contributed by atoms with van der Waals surface area (Å²) in [6, 6.07) is 22.6. The summed E-state index contributed by atoms with van der Waals surface area (Å²) < 4.78 is 2.07. The molecule has 47 heavy (non-hydrogen) atoms. The fourth-order valence-corrected chi connectivity index (χ4v) is 6.80. The topological polar surface area (TPSA) is 15.4 Å². The maximum absolute atomic E-state index is 5.14. The highest BCUT2D eigenvalue weighted by Crippen LogP contribution is 2.29. The predicted octanol–water partition coefficient (Wildman–Crippen LogP) is 14.4. The van der Waals surface area contributed by atoms with Crippen molar-refractivity contribution in [3.8, 4) is 11.1 Å². The first kappa shape index (κ1) is 38.4. The first-order chi connectivity index (χ1) is 23.0. The smallest absolute Gasteiger partial charge is 0.0909 e. The van der Waals surface area contributed by atoms with E-state index in [1.165, 1.54) is 149 Å². The van der Waals surface area contributed by atoms with E-state index in [4.69, 9.17) is 5.11 Å². The van der Waals surface area contributed by atoms with Crippen LogP contribution < -0.4 is 0 Å². The van der Waals surface area contributed by atoms with Crippen molar-refractivity contribution in [3.05, 3.63) is 94.2 Å². The largest absolute Gasteiger partial charge is 0.205 e. The number of rotatable bonds is 23. The predicted molar refractivity (Wildman–Crippen MR) is 207 cm³/mol. The third kappa shape index (κ3) is 13.9. The summed E-state index contributed by atoms with van der Waals surface area (Å²) in [5.41, 5.74) is 12.1. The van der Waals surface area contributed by atoms with Crippen LogP contribution in [0.3, 0.4) is 0 Å². The summed E-state index contributed by atoms with van der Waals surface area (Å²) in [6.07, 6.45) is 27.1. The van der Waals surface area contributed by atoms with Crippen LogP contribution in [0.1, 0.15) is 158 Å². The van der Waals surface area contributed by atoms with E-state index in [-0.39, 0.29) is 0 Å². The standard InChI is InChI=1S/C45H67N2/c1-7-10-13-16-18-22-29-42-36-43(33-37(4)44(42)30-25-19-17-14-11-8-2)46-47(6)38(5)34-39-31-32-41(28-21-15-12-9-3)45(35-39)40-26-23-20-24-27-40/h20,23-24,26-27,31-36H,7-19,21-22,25,28-30H2,1-6H3/q+1. The second kappa shape index (κ2) is 22.5. The van der Waals surface area contributed by atoms with Gasteiger partial charge in [-0.05, 0) is 108 Å². The summed E-state index contributed by atoms with van der Waals surface area (Å²) in [5, 5.41) is 5.14. The summed E-state index contributed by atoms with van der Waals surface area (Å²) >= 11 is 0. The zero-order valence-electron chi connectivity index (χ0n) is 31.2. The van der Waals surface area contributed by atoms with Crippen molar-refractivity contribution in [3.63, 3.8) is 0 Å². The number of aryl methyl sites for hydroxylation is 3. The molecule has 0 fully saturated rings. The van der Waals surface area contributed by atoms with Gasteiger partial charge in [0.05, 0.1) is 0 Å². The Kier molecular flexibility index (Phi) is 18.4. The molecular formula is C45H67N2+. The summed E-state index contributed by atoms with van der Waals surface area (Å²) in [7, 11) is 2.10. The molecular weight excluding hydrogens is 569 g/mol. The van der Waals surface area contributed by atoms with Crippen molar-refractivity contribution in [1.29, 1.82) is 0 Å². The first-order valence-electron chi connectivity index (χ1n) is 19.4. The Balaban J connectivity index is 1.81. The molecule has 0 aliphatic heterocycles. The lowest BCUT2D eigenvalue weighted by molar-refractivity contribution is -0.510. The molecule has 0 amide bonds. The molecule has 2 heteroatoms. The molecule has 0 aliphatic rings. The lowest BCUT2D eigenvalue weighted by Gasteiger charge is -2.14. The number of hydrogen-bond donors (Lipinski definition) is 0. The van der Waals surface area contributed by atoms with E-state index in [0.717, 1.165) is 17.8 Å². The Morgan fingerprint density at radius 3 is 1.81 bits per heavy atom. The Bertz CT molecular complexity index is 1360. The van der Waals surface area contributed by atoms with Crippen LogP contribution in [0.25, 0.3) is 17.2 Å². The Morgan fingerprint density at radius 1 is 0.617 bits per heavy atom. The molecule has 0 saturated heterocycles. The van der Waals surface area contributed by atoms with Crippen molar-refractivity contribution in [2.24, 2.45) is 5.11 Å². The molecule has 0 bridgehead atoms. The van der Waals surface area contributed by atoms with Crippen LogP contribution >= 0.6 is 0 Å². The molecule has 3 rings (SSSR count). The van der Waals surface area contributed by atoms with Gasteiger partial charge < -0.3 is 0 Å². The molecule has 0 saturated carbocycles. The van der Waals surface area contributed by atoms with E-state index in [1.54, 1.807) is 5.56 Å². The summed E-state index contributed by atoms with van der Waals surface area (Å²) in [4.78, 5) is 0. The maximum Gasteiger partial charge on any atom is 0.205 e. The summed E-state index contributed by atoms with van der Waals surface area (Å²) in [6.45, 7) is 11.4. The van der Waals surface area contributed by atoms with Crippen molar-refractivity contribution in [2.75, 3.05) is 7.05 Å². The molecule has 3 aromatic rings. The zero-order valence-corrected chi connectivity index (χ0v) is 31.2. The minimum absolute atomic E-state index is 1.08. The Hall–Kier alpha value is -3.00. The van der Waals surface area contributed by atoms with Gasteiger partial charge in [-0.25, -0.2) is 0 Å². The monoisotopic (exact) mass is 636 g/mol. The van der Waals surface area contributed by atoms with E-state index >= 15 is 0 Å². The zero-order chi connectivity index (χ0) is 33.7. The highest BCUT2D eigenvalue weighted by atomic mass is 15.2. The van der Waals surface area contributed by atoms with Gasteiger partial charge in [0, 0.05) is 13.0 Å². The third-order valence-corrected chi connectivity index (χ3v) is 9.80. The van der Waals surface area contributed by atoms with E-state index in [2.05, 4.69) is 113 Å². The van der Waals surface area contributed by atoms with Crippen LogP contribution in [-0.2, 0) is 19.3 Å². The normalized spacial score (nSPS) is 12.2. The van der Waals surface area contributed by atoms with Crippen LogP contribution in [0.5, 0.6) is 0 Å². The number of azo groups is 2. The minimum Gasteiger partial charge on any atom is -0.0909 e. The van der Waals surface area contributed by atoms with Crippen LogP contribution in [0.4, 0.5) is 5.69 Å². The number of benzene rings is 3. The van der Waals surface area contributed by atoms with E-state index in [9.17, 15) is 0 Å². The minimum atomic E-state index is 1.08. The molecule has 0 N–H and O–H groups in total. The third-order valence-electron chi connectivity index (χ3n) is 9.80. The Morgan fingerprint density at radius 2 is 1.17 bits per heavy atom. The molecule has 0 heterocycles. The lowest BCUT2D eigenvalue weighted by Crippen LogP contribution is -2.02. The van der Waals surface area contributed by atoms with Gasteiger partial charge in [0.25, 0.3) is 0 Å².